The van der Waals surface area contributed by atoms with Gasteiger partial charge in [0.2, 0.25) is 0 Å². The maximum atomic E-state index is 3.49. The van der Waals surface area contributed by atoms with Crippen molar-refractivity contribution in [2.75, 3.05) is 26.2 Å². The minimum absolute atomic E-state index is 0.557. The Hall–Kier alpha value is -1.64. The van der Waals surface area contributed by atoms with Crippen LogP contribution in [0.1, 0.15) is 43.0 Å². The molecule has 2 aromatic carbocycles. The average Bonchev–Trinajstić information content (AvgIpc) is 2.98. The van der Waals surface area contributed by atoms with Crippen molar-refractivity contribution in [2.45, 2.75) is 32.7 Å². The lowest BCUT2D eigenvalue weighted by Crippen LogP contribution is -2.45. The van der Waals surface area contributed by atoms with E-state index in [2.05, 4.69) is 66.5 Å². The van der Waals surface area contributed by atoms with Crippen LogP contribution in [0, 0.1) is 5.92 Å². The lowest BCUT2D eigenvalue weighted by Gasteiger charge is -2.36. The van der Waals surface area contributed by atoms with Crippen LogP contribution in [0.4, 0.5) is 0 Å². The molecule has 2 aliphatic rings. The molecule has 0 saturated carbocycles. The van der Waals surface area contributed by atoms with Gasteiger partial charge in [0.05, 0.1) is 0 Å². The Morgan fingerprint density at radius 2 is 1.71 bits per heavy atom. The highest BCUT2D eigenvalue weighted by Gasteiger charge is 2.25. The van der Waals surface area contributed by atoms with Gasteiger partial charge >= 0.3 is 0 Å². The Morgan fingerprint density at radius 3 is 2.50 bits per heavy atom. The molecule has 1 N–H and O–H groups in total. The monoisotopic (exact) mass is 320 g/mol. The van der Waals surface area contributed by atoms with Gasteiger partial charge in [0.1, 0.15) is 0 Å². The molecule has 1 saturated heterocycles. The maximum absolute atomic E-state index is 3.49. The summed E-state index contributed by atoms with van der Waals surface area (Å²) in [5.41, 5.74) is 7.38. The molecule has 1 aliphatic heterocycles. The molecular formula is C22H28N2. The van der Waals surface area contributed by atoms with Crippen molar-refractivity contribution in [2.24, 2.45) is 5.92 Å². The van der Waals surface area contributed by atoms with E-state index in [1.807, 2.05) is 0 Å². The van der Waals surface area contributed by atoms with Gasteiger partial charge in [0.15, 0.2) is 0 Å². The van der Waals surface area contributed by atoms with Gasteiger partial charge in [0.25, 0.3) is 0 Å². The molecule has 2 nitrogen and oxygen atoms in total. The molecule has 1 atom stereocenters. The van der Waals surface area contributed by atoms with Crippen LogP contribution in [0.3, 0.4) is 0 Å². The van der Waals surface area contributed by atoms with Gasteiger partial charge in [-0.2, -0.15) is 0 Å². The summed E-state index contributed by atoms with van der Waals surface area (Å²) in [7, 11) is 0. The molecule has 0 aromatic heterocycles. The fourth-order valence-corrected chi connectivity index (χ4v) is 4.31. The Labute approximate surface area is 145 Å². The molecule has 2 aromatic rings. The van der Waals surface area contributed by atoms with E-state index in [9.17, 15) is 0 Å². The second kappa shape index (κ2) is 6.70. The number of benzene rings is 2. The van der Waals surface area contributed by atoms with Crippen LogP contribution in [0.25, 0.3) is 11.1 Å². The Balaban J connectivity index is 1.66. The first kappa shape index (κ1) is 15.9. The van der Waals surface area contributed by atoms with Crippen LogP contribution < -0.4 is 5.32 Å². The van der Waals surface area contributed by atoms with Crippen LogP contribution in [0.5, 0.6) is 0 Å². The molecule has 1 aliphatic carbocycles. The average molecular weight is 320 g/mol. The first-order valence-corrected chi connectivity index (χ1v) is 9.38. The molecule has 126 valence electrons. The van der Waals surface area contributed by atoms with Crippen LogP contribution >= 0.6 is 0 Å². The Kier molecular flexibility index (Phi) is 4.43. The van der Waals surface area contributed by atoms with Crippen LogP contribution in [0.2, 0.25) is 0 Å². The number of nitrogens with one attached hydrogen (secondary N) is 1. The van der Waals surface area contributed by atoms with E-state index in [1.165, 1.54) is 34.2 Å². The summed E-state index contributed by atoms with van der Waals surface area (Å²) >= 11 is 0. The van der Waals surface area contributed by atoms with Crippen molar-refractivity contribution in [1.82, 2.24) is 10.2 Å². The van der Waals surface area contributed by atoms with E-state index in [0.29, 0.717) is 6.04 Å². The SMILES string of the molecule is CC(C)C[C@H](c1ccc2c(c1)Cc1ccccc1-2)N1CCNCC1. The zero-order valence-electron chi connectivity index (χ0n) is 14.9. The largest absolute Gasteiger partial charge is 0.314 e. The standard InChI is InChI=1S/C22H28N2/c1-16(2)13-22(24-11-9-23-10-12-24)18-7-8-21-19(15-18)14-17-5-3-4-6-20(17)21/h3-8,15-16,22-23H,9-14H2,1-2H3/t22-/m1/s1. The predicted molar refractivity (Wildman–Crippen MR) is 101 cm³/mol. The fraction of sp³-hybridized carbons (Fsp3) is 0.455. The Bertz CT molecular complexity index is 714. The molecule has 1 heterocycles. The second-order valence-electron chi connectivity index (χ2n) is 7.68. The molecule has 0 amide bonds. The van der Waals surface area contributed by atoms with Crippen molar-refractivity contribution in [3.8, 4) is 11.1 Å². The minimum Gasteiger partial charge on any atom is -0.314 e. The summed E-state index contributed by atoms with van der Waals surface area (Å²) in [4.78, 5) is 2.68. The molecule has 0 radical (unpaired) electrons. The van der Waals surface area contributed by atoms with Gasteiger partial charge in [-0.25, -0.2) is 0 Å². The van der Waals surface area contributed by atoms with Crippen LogP contribution in [0.15, 0.2) is 42.5 Å². The van der Waals surface area contributed by atoms with Gasteiger partial charge in [-0.05, 0) is 46.6 Å². The van der Waals surface area contributed by atoms with E-state index in [-0.39, 0.29) is 0 Å². The lowest BCUT2D eigenvalue weighted by atomic mass is 9.92. The van der Waals surface area contributed by atoms with Gasteiger partial charge < -0.3 is 5.32 Å². The van der Waals surface area contributed by atoms with E-state index >= 15 is 0 Å². The number of fused-ring (bicyclic) bond motifs is 3. The number of rotatable bonds is 4. The van der Waals surface area contributed by atoms with Gasteiger partial charge in [0, 0.05) is 32.2 Å². The molecule has 0 bridgehead atoms. The van der Waals surface area contributed by atoms with Crippen molar-refractivity contribution in [1.29, 1.82) is 0 Å². The Morgan fingerprint density at radius 1 is 0.958 bits per heavy atom. The highest BCUT2D eigenvalue weighted by Crippen LogP contribution is 2.39. The molecule has 0 unspecified atom stereocenters. The number of hydrogen-bond acceptors (Lipinski definition) is 2. The summed E-state index contributed by atoms with van der Waals surface area (Å²) in [5, 5.41) is 3.49. The maximum Gasteiger partial charge on any atom is 0.0351 e. The summed E-state index contributed by atoms with van der Waals surface area (Å²) in [6.07, 6.45) is 2.33. The molecular weight excluding hydrogens is 292 g/mol. The summed E-state index contributed by atoms with van der Waals surface area (Å²) in [5.74, 6) is 0.718. The zero-order chi connectivity index (χ0) is 16.5. The van der Waals surface area contributed by atoms with Crippen LogP contribution in [-0.2, 0) is 6.42 Å². The summed E-state index contributed by atoms with van der Waals surface area (Å²) < 4.78 is 0. The van der Waals surface area contributed by atoms with Crippen molar-refractivity contribution in [3.63, 3.8) is 0 Å². The third-order valence-electron chi connectivity index (χ3n) is 5.49. The fourth-order valence-electron chi connectivity index (χ4n) is 4.31. The van der Waals surface area contributed by atoms with Crippen LogP contribution in [-0.4, -0.2) is 31.1 Å². The zero-order valence-corrected chi connectivity index (χ0v) is 14.9. The van der Waals surface area contributed by atoms with E-state index < -0.39 is 0 Å². The third-order valence-corrected chi connectivity index (χ3v) is 5.49. The van der Waals surface area contributed by atoms with E-state index in [4.69, 9.17) is 0 Å². The molecule has 24 heavy (non-hydrogen) atoms. The smallest absolute Gasteiger partial charge is 0.0351 e. The van der Waals surface area contributed by atoms with Crippen molar-refractivity contribution < 1.29 is 0 Å². The topological polar surface area (TPSA) is 15.3 Å². The van der Waals surface area contributed by atoms with Gasteiger partial charge in [-0.3, -0.25) is 4.90 Å². The summed E-state index contributed by atoms with van der Waals surface area (Å²) in [6, 6.07) is 16.7. The normalized spacial score (nSPS) is 18.5. The van der Waals surface area contributed by atoms with Gasteiger partial charge in [-0.1, -0.05) is 56.3 Å². The molecule has 2 heteroatoms. The van der Waals surface area contributed by atoms with E-state index in [1.54, 1.807) is 0 Å². The quantitative estimate of drug-likeness (QED) is 0.773. The molecule has 4 rings (SSSR count). The highest BCUT2D eigenvalue weighted by molar-refractivity contribution is 5.77. The third kappa shape index (κ3) is 3.01. The van der Waals surface area contributed by atoms with Crippen molar-refractivity contribution in [3.05, 3.63) is 59.2 Å². The minimum atomic E-state index is 0.557. The molecule has 1 fully saturated rings. The predicted octanol–water partition coefficient (Wildman–Crippen LogP) is 4.25. The van der Waals surface area contributed by atoms with E-state index in [0.717, 1.165) is 38.5 Å². The first-order valence-electron chi connectivity index (χ1n) is 9.38. The number of hydrogen-bond donors (Lipinski definition) is 1. The van der Waals surface area contributed by atoms with Crippen molar-refractivity contribution >= 4 is 0 Å². The lowest BCUT2D eigenvalue weighted by molar-refractivity contribution is 0.154. The highest BCUT2D eigenvalue weighted by atomic mass is 15.2. The number of piperazine rings is 1. The number of nitrogens with zero attached hydrogens (tertiary/aromatic N) is 1. The first-order chi connectivity index (χ1) is 11.7. The van der Waals surface area contributed by atoms with Gasteiger partial charge in [-0.15, -0.1) is 0 Å². The second-order valence-corrected chi connectivity index (χ2v) is 7.68. The molecule has 0 spiro atoms. The summed E-state index contributed by atoms with van der Waals surface area (Å²) in [6.45, 7) is 9.25.